The van der Waals surface area contributed by atoms with E-state index in [1.807, 2.05) is 0 Å². The standard InChI is InChI=1S/C25H29N7/c1-19-6-10-21(11-7-19)24-25(22-12-8-20(2)9-13-22)31(30-14-4-3-5-15-30)16-23(28-24)17-32-27-18-26-29-32/h6-13,18H,3-5,14-17H2,1-2H3. The molecule has 0 spiro atoms. The van der Waals surface area contributed by atoms with Crippen molar-refractivity contribution in [3.8, 4) is 0 Å². The van der Waals surface area contributed by atoms with Gasteiger partial charge in [0.05, 0.1) is 23.7 Å². The molecular weight excluding hydrogens is 398 g/mol. The molecule has 2 aliphatic rings. The van der Waals surface area contributed by atoms with Gasteiger partial charge in [-0.3, -0.25) is 10.0 Å². The average molecular weight is 428 g/mol. The highest BCUT2D eigenvalue weighted by molar-refractivity contribution is 6.01. The van der Waals surface area contributed by atoms with Gasteiger partial charge in [-0.1, -0.05) is 66.1 Å². The van der Waals surface area contributed by atoms with Gasteiger partial charge in [0.1, 0.15) is 6.54 Å². The van der Waals surface area contributed by atoms with Crippen molar-refractivity contribution in [1.29, 1.82) is 0 Å². The third kappa shape index (κ3) is 4.34. The number of rotatable bonds is 5. The fourth-order valence-electron chi connectivity index (χ4n) is 4.40. The second-order valence-electron chi connectivity index (χ2n) is 8.65. The van der Waals surface area contributed by atoms with Crippen molar-refractivity contribution >= 4 is 17.1 Å². The summed E-state index contributed by atoms with van der Waals surface area (Å²) < 4.78 is 0. The molecule has 0 unspecified atom stereocenters. The van der Waals surface area contributed by atoms with Gasteiger partial charge in [-0.2, -0.15) is 4.80 Å². The molecule has 2 aliphatic heterocycles. The number of aryl methyl sites for hydroxylation is 2. The predicted octanol–water partition coefficient (Wildman–Crippen LogP) is 3.97. The summed E-state index contributed by atoms with van der Waals surface area (Å²) in [6.07, 6.45) is 5.20. The minimum Gasteiger partial charge on any atom is -0.297 e. The van der Waals surface area contributed by atoms with Crippen LogP contribution in [0.3, 0.4) is 0 Å². The average Bonchev–Trinajstić information content (AvgIpc) is 3.33. The molecule has 0 amide bonds. The van der Waals surface area contributed by atoms with Gasteiger partial charge in [0.15, 0.2) is 6.33 Å². The summed E-state index contributed by atoms with van der Waals surface area (Å²) in [5.74, 6) is 0. The minimum atomic E-state index is 0.529. The van der Waals surface area contributed by atoms with Crippen LogP contribution in [0.1, 0.15) is 41.5 Å². The highest BCUT2D eigenvalue weighted by Crippen LogP contribution is 2.35. The number of piperidine rings is 1. The van der Waals surface area contributed by atoms with Crippen molar-refractivity contribution in [2.45, 2.75) is 39.7 Å². The first-order valence-corrected chi connectivity index (χ1v) is 11.4. The molecule has 0 atom stereocenters. The van der Waals surface area contributed by atoms with Crippen LogP contribution in [0.2, 0.25) is 0 Å². The quantitative estimate of drug-likeness (QED) is 0.616. The van der Waals surface area contributed by atoms with Crippen molar-refractivity contribution in [2.75, 3.05) is 19.6 Å². The zero-order valence-corrected chi connectivity index (χ0v) is 18.8. The molecule has 0 aliphatic carbocycles. The molecule has 0 radical (unpaired) electrons. The number of tetrazole rings is 1. The molecular formula is C25H29N7. The number of benzene rings is 2. The van der Waals surface area contributed by atoms with Crippen LogP contribution in [-0.2, 0) is 6.54 Å². The monoisotopic (exact) mass is 427 g/mol. The van der Waals surface area contributed by atoms with Crippen molar-refractivity contribution in [3.05, 3.63) is 77.1 Å². The van der Waals surface area contributed by atoms with Crippen LogP contribution < -0.4 is 0 Å². The van der Waals surface area contributed by atoms with Crippen LogP contribution in [0.15, 0.2) is 59.9 Å². The van der Waals surface area contributed by atoms with E-state index in [0.717, 1.165) is 36.6 Å². The number of nitrogens with zero attached hydrogens (tertiary/aromatic N) is 7. The Morgan fingerprint density at radius 2 is 1.47 bits per heavy atom. The van der Waals surface area contributed by atoms with Gasteiger partial charge in [-0.25, -0.2) is 5.01 Å². The Balaban J connectivity index is 1.66. The summed E-state index contributed by atoms with van der Waals surface area (Å²) >= 11 is 0. The molecule has 0 bridgehead atoms. The van der Waals surface area contributed by atoms with Gasteiger partial charge >= 0.3 is 0 Å². The molecule has 1 fully saturated rings. The van der Waals surface area contributed by atoms with E-state index in [0.29, 0.717) is 6.54 Å². The van der Waals surface area contributed by atoms with Crippen LogP contribution in [0.5, 0.6) is 0 Å². The second kappa shape index (κ2) is 9.04. The van der Waals surface area contributed by atoms with Crippen molar-refractivity contribution in [3.63, 3.8) is 0 Å². The number of hydrazine groups is 1. The lowest BCUT2D eigenvalue weighted by molar-refractivity contribution is 0.0272. The van der Waals surface area contributed by atoms with Crippen molar-refractivity contribution in [1.82, 2.24) is 30.2 Å². The Morgan fingerprint density at radius 3 is 2.09 bits per heavy atom. The lowest BCUT2D eigenvalue weighted by Gasteiger charge is -2.43. The van der Waals surface area contributed by atoms with Crippen LogP contribution in [-0.4, -0.2) is 55.6 Å². The minimum absolute atomic E-state index is 0.529. The van der Waals surface area contributed by atoms with Gasteiger partial charge in [-0.15, -0.1) is 10.2 Å². The number of aromatic nitrogens is 4. The fourth-order valence-corrected chi connectivity index (χ4v) is 4.40. The fraction of sp³-hybridized carbons (Fsp3) is 0.360. The lowest BCUT2D eigenvalue weighted by Crippen LogP contribution is -2.48. The van der Waals surface area contributed by atoms with E-state index < -0.39 is 0 Å². The summed E-state index contributed by atoms with van der Waals surface area (Å²) in [5.41, 5.74) is 8.01. The maximum atomic E-state index is 5.18. The molecule has 7 heteroatoms. The van der Waals surface area contributed by atoms with Crippen molar-refractivity contribution in [2.24, 2.45) is 4.99 Å². The topological polar surface area (TPSA) is 62.4 Å². The maximum absolute atomic E-state index is 5.18. The molecule has 0 saturated carbocycles. The van der Waals surface area contributed by atoms with E-state index in [-0.39, 0.29) is 0 Å². The molecule has 1 aromatic heterocycles. The van der Waals surface area contributed by atoms with Crippen LogP contribution in [0.4, 0.5) is 0 Å². The molecule has 32 heavy (non-hydrogen) atoms. The largest absolute Gasteiger partial charge is 0.297 e. The third-order valence-electron chi connectivity index (χ3n) is 6.12. The van der Waals surface area contributed by atoms with E-state index in [1.165, 1.54) is 48.0 Å². The van der Waals surface area contributed by atoms with Gasteiger partial charge in [0.25, 0.3) is 0 Å². The van der Waals surface area contributed by atoms with Crippen molar-refractivity contribution < 1.29 is 0 Å². The van der Waals surface area contributed by atoms with Crippen LogP contribution in [0, 0.1) is 13.8 Å². The van der Waals surface area contributed by atoms with E-state index >= 15 is 0 Å². The molecule has 2 aromatic carbocycles. The zero-order chi connectivity index (χ0) is 21.9. The Bertz CT molecular complexity index is 1110. The summed E-state index contributed by atoms with van der Waals surface area (Å²) in [6.45, 7) is 7.62. The summed E-state index contributed by atoms with van der Waals surface area (Å²) in [6, 6.07) is 17.5. The number of hydrogen-bond acceptors (Lipinski definition) is 6. The molecule has 3 heterocycles. The first-order valence-electron chi connectivity index (χ1n) is 11.4. The second-order valence-corrected chi connectivity index (χ2v) is 8.65. The van der Waals surface area contributed by atoms with E-state index in [9.17, 15) is 0 Å². The molecule has 1 saturated heterocycles. The van der Waals surface area contributed by atoms with Crippen LogP contribution in [0.25, 0.3) is 11.4 Å². The highest BCUT2D eigenvalue weighted by atomic mass is 15.6. The Morgan fingerprint density at radius 1 is 0.812 bits per heavy atom. The Labute approximate surface area is 189 Å². The van der Waals surface area contributed by atoms with Crippen LogP contribution >= 0.6 is 0 Å². The third-order valence-corrected chi connectivity index (χ3v) is 6.12. The lowest BCUT2D eigenvalue weighted by atomic mass is 10.0. The van der Waals surface area contributed by atoms with Gasteiger partial charge in [0.2, 0.25) is 0 Å². The molecule has 7 nitrogen and oxygen atoms in total. The van der Waals surface area contributed by atoms with E-state index in [4.69, 9.17) is 4.99 Å². The molecule has 3 aromatic rings. The zero-order valence-electron chi connectivity index (χ0n) is 18.8. The maximum Gasteiger partial charge on any atom is 0.162 e. The van der Waals surface area contributed by atoms with Gasteiger partial charge in [0, 0.05) is 24.2 Å². The Hall–Kier alpha value is -3.32. The normalized spacial score (nSPS) is 17.6. The molecule has 5 rings (SSSR count). The van der Waals surface area contributed by atoms with Gasteiger partial charge in [-0.05, 0) is 31.9 Å². The molecule has 0 N–H and O–H groups in total. The summed E-state index contributed by atoms with van der Waals surface area (Å²) in [7, 11) is 0. The summed E-state index contributed by atoms with van der Waals surface area (Å²) in [5, 5.41) is 17.1. The smallest absolute Gasteiger partial charge is 0.162 e. The van der Waals surface area contributed by atoms with E-state index in [1.54, 1.807) is 4.80 Å². The predicted molar refractivity (Wildman–Crippen MR) is 127 cm³/mol. The first kappa shape index (κ1) is 20.6. The van der Waals surface area contributed by atoms with E-state index in [2.05, 4.69) is 87.8 Å². The summed E-state index contributed by atoms with van der Waals surface area (Å²) in [4.78, 5) is 6.79. The first-order chi connectivity index (χ1) is 15.7. The number of aliphatic imine (C=N–C) groups is 1. The molecule has 164 valence electrons. The van der Waals surface area contributed by atoms with Gasteiger partial charge < -0.3 is 0 Å². The Kier molecular flexibility index (Phi) is 5.81. The SMILES string of the molecule is Cc1ccc(C2=C(c3ccc(C)cc3)N(N3CCCCC3)CC(Cn3ncnn3)=N2)cc1. The highest BCUT2D eigenvalue weighted by Gasteiger charge is 2.30. The number of hydrogen-bond donors (Lipinski definition) is 0.